The van der Waals surface area contributed by atoms with Crippen LogP contribution in [0.2, 0.25) is 0 Å². The van der Waals surface area contributed by atoms with E-state index in [2.05, 4.69) is 21.2 Å². The van der Waals surface area contributed by atoms with Gasteiger partial charge in [-0.3, -0.25) is 4.79 Å². The smallest absolute Gasteiger partial charge is 0.248 e. The number of aromatic nitrogens is 4. The molecule has 2 aromatic heterocycles. The van der Waals surface area contributed by atoms with Crippen LogP contribution in [-0.2, 0) is 9.53 Å². The third kappa shape index (κ3) is 2.68. The normalized spacial score (nSPS) is 15.3. The quantitative estimate of drug-likeness (QED) is 0.705. The molecule has 0 saturated carbocycles. The molecule has 25 heavy (non-hydrogen) atoms. The summed E-state index contributed by atoms with van der Waals surface area (Å²) in [5.41, 5.74) is 0.769. The van der Waals surface area contributed by atoms with Crippen LogP contribution in [0, 0.1) is 6.92 Å². The fraction of sp³-hybridized carbons (Fsp3) is 0.412. The molecule has 1 aliphatic heterocycles. The molecule has 130 valence electrons. The summed E-state index contributed by atoms with van der Waals surface area (Å²) in [6.07, 6.45) is 0. The SMILES string of the molecule is COCC(=O)N1CCN(c2nn3c(C)nnc3c3ccccc23)CC1. The highest BCUT2D eigenvalue weighted by Crippen LogP contribution is 2.28. The zero-order valence-corrected chi connectivity index (χ0v) is 14.3. The van der Waals surface area contributed by atoms with E-state index in [1.807, 2.05) is 30.0 Å². The summed E-state index contributed by atoms with van der Waals surface area (Å²) >= 11 is 0. The van der Waals surface area contributed by atoms with Crippen molar-refractivity contribution in [3.63, 3.8) is 0 Å². The Morgan fingerprint density at radius 2 is 1.84 bits per heavy atom. The minimum absolute atomic E-state index is 0.0325. The highest BCUT2D eigenvalue weighted by atomic mass is 16.5. The Balaban J connectivity index is 1.69. The molecule has 0 bridgehead atoms. The van der Waals surface area contributed by atoms with E-state index >= 15 is 0 Å². The number of ether oxygens (including phenoxy) is 1. The monoisotopic (exact) mass is 340 g/mol. The van der Waals surface area contributed by atoms with E-state index in [1.165, 1.54) is 0 Å². The summed E-state index contributed by atoms with van der Waals surface area (Å²) < 4.78 is 6.74. The van der Waals surface area contributed by atoms with E-state index < -0.39 is 0 Å². The Morgan fingerprint density at radius 3 is 2.56 bits per heavy atom. The van der Waals surface area contributed by atoms with Gasteiger partial charge in [-0.25, -0.2) is 0 Å². The lowest BCUT2D eigenvalue weighted by atomic mass is 10.1. The number of benzene rings is 1. The number of hydrogen-bond donors (Lipinski definition) is 0. The summed E-state index contributed by atoms with van der Waals surface area (Å²) in [5.74, 6) is 1.70. The number of piperazine rings is 1. The molecule has 0 aliphatic carbocycles. The zero-order chi connectivity index (χ0) is 17.4. The van der Waals surface area contributed by atoms with E-state index in [0.717, 1.165) is 41.2 Å². The van der Waals surface area contributed by atoms with Gasteiger partial charge < -0.3 is 14.5 Å². The van der Waals surface area contributed by atoms with Gasteiger partial charge in [-0.15, -0.1) is 15.3 Å². The first-order chi connectivity index (χ1) is 12.2. The highest BCUT2D eigenvalue weighted by Gasteiger charge is 2.24. The van der Waals surface area contributed by atoms with Crippen molar-refractivity contribution >= 4 is 28.1 Å². The Hall–Kier alpha value is -2.74. The van der Waals surface area contributed by atoms with Crippen molar-refractivity contribution in [2.24, 2.45) is 0 Å². The maximum atomic E-state index is 12.0. The number of nitrogens with zero attached hydrogens (tertiary/aromatic N) is 6. The lowest BCUT2D eigenvalue weighted by Crippen LogP contribution is -2.50. The molecule has 0 N–H and O–H groups in total. The number of rotatable bonds is 3. The minimum Gasteiger partial charge on any atom is -0.375 e. The summed E-state index contributed by atoms with van der Waals surface area (Å²) in [6, 6.07) is 8.11. The molecule has 0 unspecified atom stereocenters. The molecule has 1 aliphatic rings. The second kappa shape index (κ2) is 6.29. The van der Waals surface area contributed by atoms with Gasteiger partial charge in [0, 0.05) is 44.1 Å². The fourth-order valence-electron chi connectivity index (χ4n) is 3.28. The van der Waals surface area contributed by atoms with Crippen LogP contribution in [0.4, 0.5) is 5.82 Å². The zero-order valence-electron chi connectivity index (χ0n) is 14.3. The topological polar surface area (TPSA) is 75.9 Å². The van der Waals surface area contributed by atoms with Gasteiger partial charge in [0.25, 0.3) is 0 Å². The van der Waals surface area contributed by atoms with Gasteiger partial charge in [0.1, 0.15) is 6.61 Å². The molecule has 4 rings (SSSR count). The number of amides is 1. The molecule has 1 fully saturated rings. The Morgan fingerprint density at radius 1 is 1.12 bits per heavy atom. The van der Waals surface area contributed by atoms with Crippen LogP contribution in [0.15, 0.2) is 24.3 Å². The molecular formula is C17H20N6O2. The van der Waals surface area contributed by atoms with Crippen molar-refractivity contribution in [2.45, 2.75) is 6.92 Å². The van der Waals surface area contributed by atoms with Crippen LogP contribution in [0.3, 0.4) is 0 Å². The van der Waals surface area contributed by atoms with Crippen molar-refractivity contribution in [2.75, 3.05) is 44.8 Å². The highest BCUT2D eigenvalue weighted by molar-refractivity contribution is 6.00. The number of anilines is 1. The number of hydrogen-bond acceptors (Lipinski definition) is 6. The summed E-state index contributed by atoms with van der Waals surface area (Å²) in [4.78, 5) is 16.0. The molecule has 0 spiro atoms. The van der Waals surface area contributed by atoms with Gasteiger partial charge in [-0.05, 0) is 6.92 Å². The molecule has 3 heterocycles. The molecule has 1 amide bonds. The standard InChI is InChI=1S/C17H20N6O2/c1-12-18-19-16-13-5-3-4-6-14(13)17(20-23(12)16)22-9-7-21(8-10-22)15(24)11-25-2/h3-6H,7-11H2,1-2H3. The fourth-order valence-corrected chi connectivity index (χ4v) is 3.28. The van der Waals surface area contributed by atoms with Crippen molar-refractivity contribution in [1.29, 1.82) is 0 Å². The van der Waals surface area contributed by atoms with Crippen LogP contribution in [0.25, 0.3) is 16.4 Å². The predicted octanol–water partition coefficient (Wildman–Crippen LogP) is 0.881. The molecular weight excluding hydrogens is 320 g/mol. The van der Waals surface area contributed by atoms with Gasteiger partial charge >= 0.3 is 0 Å². The third-order valence-corrected chi connectivity index (χ3v) is 4.60. The van der Waals surface area contributed by atoms with Crippen molar-refractivity contribution in [3.05, 3.63) is 30.1 Å². The number of carbonyl (C=O) groups excluding carboxylic acids is 1. The van der Waals surface area contributed by atoms with Crippen LogP contribution in [0.1, 0.15) is 5.82 Å². The van der Waals surface area contributed by atoms with Gasteiger partial charge in [-0.2, -0.15) is 4.52 Å². The maximum absolute atomic E-state index is 12.0. The van der Waals surface area contributed by atoms with E-state index in [4.69, 9.17) is 9.84 Å². The van der Waals surface area contributed by atoms with E-state index in [-0.39, 0.29) is 12.5 Å². The number of fused-ring (bicyclic) bond motifs is 3. The first-order valence-corrected chi connectivity index (χ1v) is 8.31. The molecule has 1 aromatic carbocycles. The second-order valence-electron chi connectivity index (χ2n) is 6.15. The molecule has 3 aromatic rings. The predicted molar refractivity (Wildman–Crippen MR) is 93.7 cm³/mol. The van der Waals surface area contributed by atoms with E-state index in [1.54, 1.807) is 11.6 Å². The minimum atomic E-state index is 0.0325. The summed E-state index contributed by atoms with van der Waals surface area (Å²) in [6.45, 7) is 4.83. The van der Waals surface area contributed by atoms with Crippen molar-refractivity contribution in [3.8, 4) is 0 Å². The Labute approximate surface area is 145 Å². The third-order valence-electron chi connectivity index (χ3n) is 4.60. The molecule has 0 radical (unpaired) electrons. The first kappa shape index (κ1) is 15.8. The number of aryl methyl sites for hydroxylation is 1. The van der Waals surface area contributed by atoms with Gasteiger partial charge in [0.15, 0.2) is 17.3 Å². The van der Waals surface area contributed by atoms with Crippen LogP contribution < -0.4 is 4.90 Å². The van der Waals surface area contributed by atoms with Gasteiger partial charge in [0.05, 0.1) is 0 Å². The molecule has 0 atom stereocenters. The number of carbonyl (C=O) groups is 1. The van der Waals surface area contributed by atoms with Gasteiger partial charge in [-0.1, -0.05) is 24.3 Å². The van der Waals surface area contributed by atoms with Crippen molar-refractivity contribution in [1.82, 2.24) is 24.7 Å². The van der Waals surface area contributed by atoms with Crippen LogP contribution in [-0.4, -0.2) is 70.5 Å². The molecule has 1 saturated heterocycles. The average molecular weight is 340 g/mol. The van der Waals surface area contributed by atoms with E-state index in [9.17, 15) is 4.79 Å². The number of methoxy groups -OCH3 is 1. The lowest BCUT2D eigenvalue weighted by Gasteiger charge is -2.35. The summed E-state index contributed by atoms with van der Waals surface area (Å²) in [7, 11) is 1.54. The first-order valence-electron chi connectivity index (χ1n) is 8.31. The maximum Gasteiger partial charge on any atom is 0.248 e. The molecule has 8 heteroatoms. The second-order valence-corrected chi connectivity index (χ2v) is 6.15. The summed E-state index contributed by atoms with van der Waals surface area (Å²) in [5, 5.41) is 15.3. The van der Waals surface area contributed by atoms with Crippen molar-refractivity contribution < 1.29 is 9.53 Å². The average Bonchev–Trinajstić information content (AvgIpc) is 3.03. The van der Waals surface area contributed by atoms with Gasteiger partial charge in [0.2, 0.25) is 5.91 Å². The van der Waals surface area contributed by atoms with E-state index in [0.29, 0.717) is 13.1 Å². The Kier molecular flexibility index (Phi) is 3.96. The molecule has 8 nitrogen and oxygen atoms in total. The van der Waals surface area contributed by atoms with Crippen LogP contribution in [0.5, 0.6) is 0 Å². The lowest BCUT2D eigenvalue weighted by molar-refractivity contribution is -0.135. The largest absolute Gasteiger partial charge is 0.375 e. The van der Waals surface area contributed by atoms with Crippen LogP contribution >= 0.6 is 0 Å². The Bertz CT molecular complexity index is 929.